The van der Waals surface area contributed by atoms with Gasteiger partial charge in [-0.05, 0) is 25.2 Å². The number of rotatable bonds is 2. The molecule has 1 unspecified atom stereocenters. The van der Waals surface area contributed by atoms with Crippen molar-refractivity contribution in [3.8, 4) is 0 Å². The largest absolute Gasteiger partial charge is 0.469 e. The molecular weight excluding hydrogens is 206 g/mol. The van der Waals surface area contributed by atoms with Gasteiger partial charge in [0.2, 0.25) is 0 Å². The number of thioether (sulfide) groups is 1. The van der Waals surface area contributed by atoms with Crippen LogP contribution in [0.2, 0.25) is 0 Å². The maximum atomic E-state index is 5.55. The molecule has 0 amide bonds. The van der Waals surface area contributed by atoms with Gasteiger partial charge in [-0.25, -0.2) is 0 Å². The van der Waals surface area contributed by atoms with Crippen LogP contribution in [0.4, 0.5) is 0 Å². The van der Waals surface area contributed by atoms with E-state index < -0.39 is 0 Å². The molecule has 2 nitrogen and oxygen atoms in total. The first-order valence-electron chi connectivity index (χ1n) is 5.70. The normalized spacial score (nSPS) is 28.2. The molecule has 82 valence electrons. The molecule has 1 N–H and O–H groups in total. The molecule has 1 saturated carbocycles. The average Bonchev–Trinajstić information content (AvgIpc) is 2.65. The van der Waals surface area contributed by atoms with Gasteiger partial charge in [-0.1, -0.05) is 6.42 Å². The molecule has 1 aromatic heterocycles. The van der Waals surface area contributed by atoms with Crippen molar-refractivity contribution in [2.24, 2.45) is 0 Å². The fourth-order valence-electron chi connectivity index (χ4n) is 2.86. The molecule has 0 bridgehead atoms. The van der Waals surface area contributed by atoms with Crippen LogP contribution in [0.3, 0.4) is 0 Å². The zero-order valence-electron chi connectivity index (χ0n) is 9.08. The number of nitrogens with one attached hydrogen (secondary N) is 1. The molecule has 3 heteroatoms. The Morgan fingerprint density at radius 2 is 2.40 bits per heavy atom. The molecule has 3 rings (SSSR count). The quantitative estimate of drug-likeness (QED) is 0.834. The lowest BCUT2D eigenvalue weighted by Gasteiger charge is -2.48. The summed E-state index contributed by atoms with van der Waals surface area (Å²) >= 11 is 2.03. The first-order valence-corrected chi connectivity index (χ1v) is 6.93. The van der Waals surface area contributed by atoms with Crippen LogP contribution in [-0.2, 0) is 6.42 Å². The van der Waals surface area contributed by atoms with Gasteiger partial charge < -0.3 is 9.73 Å². The SMILES string of the molecule is CSC1(C2NCCc3occc32)CCC1. The van der Waals surface area contributed by atoms with Crippen LogP contribution in [0, 0.1) is 0 Å². The summed E-state index contributed by atoms with van der Waals surface area (Å²) in [6, 6.07) is 2.67. The van der Waals surface area contributed by atoms with Crippen molar-refractivity contribution >= 4 is 11.8 Å². The van der Waals surface area contributed by atoms with Crippen LogP contribution in [0.25, 0.3) is 0 Å². The van der Waals surface area contributed by atoms with Crippen molar-refractivity contribution in [2.45, 2.75) is 36.5 Å². The van der Waals surface area contributed by atoms with Crippen LogP contribution in [0.5, 0.6) is 0 Å². The number of hydrogen-bond donors (Lipinski definition) is 1. The van der Waals surface area contributed by atoms with Crippen LogP contribution >= 0.6 is 11.8 Å². The molecule has 1 fully saturated rings. The standard InChI is InChI=1S/C12H17NOS/c1-15-12(5-2-6-12)11-9-4-8-14-10(9)3-7-13-11/h4,8,11,13H,2-3,5-7H2,1H3. The van der Waals surface area contributed by atoms with E-state index in [-0.39, 0.29) is 0 Å². The van der Waals surface area contributed by atoms with E-state index in [1.807, 2.05) is 18.0 Å². The highest BCUT2D eigenvalue weighted by Crippen LogP contribution is 2.52. The Labute approximate surface area is 94.8 Å². The van der Waals surface area contributed by atoms with Crippen molar-refractivity contribution in [3.05, 3.63) is 23.7 Å². The summed E-state index contributed by atoms with van der Waals surface area (Å²) in [7, 11) is 0. The molecule has 2 heterocycles. The van der Waals surface area contributed by atoms with Crippen molar-refractivity contribution in [1.29, 1.82) is 0 Å². The molecule has 0 aromatic carbocycles. The van der Waals surface area contributed by atoms with E-state index in [1.165, 1.54) is 30.6 Å². The summed E-state index contributed by atoms with van der Waals surface area (Å²) < 4.78 is 5.99. The summed E-state index contributed by atoms with van der Waals surface area (Å²) in [4.78, 5) is 0. The maximum absolute atomic E-state index is 5.55. The minimum atomic E-state index is 0.443. The fraction of sp³-hybridized carbons (Fsp3) is 0.667. The molecule has 15 heavy (non-hydrogen) atoms. The molecule has 0 radical (unpaired) electrons. The lowest BCUT2D eigenvalue weighted by Crippen LogP contribution is -2.48. The average molecular weight is 223 g/mol. The van der Waals surface area contributed by atoms with Gasteiger partial charge in [-0.15, -0.1) is 0 Å². The van der Waals surface area contributed by atoms with Gasteiger partial charge in [0.1, 0.15) is 5.76 Å². The Kier molecular flexibility index (Phi) is 2.33. The third-order valence-electron chi connectivity index (χ3n) is 3.92. The highest BCUT2D eigenvalue weighted by Gasteiger charge is 2.46. The number of furan rings is 1. The minimum Gasteiger partial charge on any atom is -0.469 e. The van der Waals surface area contributed by atoms with Crippen LogP contribution in [0.15, 0.2) is 16.7 Å². The van der Waals surface area contributed by atoms with Crippen molar-refractivity contribution in [3.63, 3.8) is 0 Å². The second-order valence-electron chi connectivity index (χ2n) is 4.56. The first kappa shape index (κ1) is 9.79. The zero-order valence-corrected chi connectivity index (χ0v) is 9.90. The van der Waals surface area contributed by atoms with Crippen LogP contribution in [0.1, 0.15) is 36.6 Å². The molecule has 0 spiro atoms. The summed E-state index contributed by atoms with van der Waals surface area (Å²) in [5.41, 5.74) is 1.41. The molecule has 2 aliphatic rings. The van der Waals surface area contributed by atoms with Crippen LogP contribution in [-0.4, -0.2) is 17.5 Å². The van der Waals surface area contributed by atoms with Gasteiger partial charge in [0.15, 0.2) is 0 Å². The zero-order chi connectivity index (χ0) is 10.3. The van der Waals surface area contributed by atoms with Gasteiger partial charge >= 0.3 is 0 Å². The van der Waals surface area contributed by atoms with E-state index >= 15 is 0 Å². The number of fused-ring (bicyclic) bond motifs is 1. The summed E-state index contributed by atoms with van der Waals surface area (Å²) in [5.74, 6) is 1.21. The van der Waals surface area contributed by atoms with Gasteiger partial charge in [0.25, 0.3) is 0 Å². The van der Waals surface area contributed by atoms with Crippen molar-refractivity contribution < 1.29 is 4.42 Å². The van der Waals surface area contributed by atoms with Gasteiger partial charge in [0.05, 0.1) is 12.3 Å². The molecule has 1 aliphatic carbocycles. The third kappa shape index (κ3) is 1.36. The molecule has 1 aromatic rings. The molecule has 1 aliphatic heterocycles. The summed E-state index contributed by atoms with van der Waals surface area (Å²) in [6.07, 6.45) is 9.20. The van der Waals surface area contributed by atoms with E-state index in [1.54, 1.807) is 0 Å². The topological polar surface area (TPSA) is 25.2 Å². The predicted molar refractivity (Wildman–Crippen MR) is 63.3 cm³/mol. The Balaban J connectivity index is 1.95. The smallest absolute Gasteiger partial charge is 0.109 e. The van der Waals surface area contributed by atoms with E-state index in [2.05, 4.69) is 17.6 Å². The van der Waals surface area contributed by atoms with Crippen LogP contribution < -0.4 is 5.32 Å². The second-order valence-corrected chi connectivity index (χ2v) is 5.78. The molecular formula is C12H17NOS. The summed E-state index contributed by atoms with van der Waals surface area (Å²) in [5, 5.41) is 3.67. The predicted octanol–water partition coefficient (Wildman–Crippen LogP) is 2.75. The van der Waals surface area contributed by atoms with Crippen molar-refractivity contribution in [1.82, 2.24) is 5.32 Å². The second kappa shape index (κ2) is 3.56. The lowest BCUT2D eigenvalue weighted by molar-refractivity contribution is 0.260. The fourth-order valence-corrected chi connectivity index (χ4v) is 4.00. The highest BCUT2D eigenvalue weighted by molar-refractivity contribution is 8.00. The third-order valence-corrected chi connectivity index (χ3v) is 5.38. The minimum absolute atomic E-state index is 0.443. The Morgan fingerprint density at radius 1 is 1.53 bits per heavy atom. The van der Waals surface area contributed by atoms with E-state index in [0.717, 1.165) is 13.0 Å². The van der Waals surface area contributed by atoms with Crippen molar-refractivity contribution in [2.75, 3.05) is 12.8 Å². The van der Waals surface area contributed by atoms with Gasteiger partial charge in [0, 0.05) is 23.3 Å². The van der Waals surface area contributed by atoms with Gasteiger partial charge in [-0.3, -0.25) is 0 Å². The number of hydrogen-bond acceptors (Lipinski definition) is 3. The van der Waals surface area contributed by atoms with Gasteiger partial charge in [-0.2, -0.15) is 11.8 Å². The molecule has 0 saturated heterocycles. The molecule has 1 atom stereocenters. The first-order chi connectivity index (χ1) is 7.36. The van der Waals surface area contributed by atoms with E-state index in [0.29, 0.717) is 10.8 Å². The maximum Gasteiger partial charge on any atom is 0.109 e. The van der Waals surface area contributed by atoms with E-state index in [4.69, 9.17) is 4.42 Å². The Morgan fingerprint density at radius 3 is 3.07 bits per heavy atom. The monoisotopic (exact) mass is 223 g/mol. The Bertz CT molecular complexity index is 351. The van der Waals surface area contributed by atoms with E-state index in [9.17, 15) is 0 Å². The lowest BCUT2D eigenvalue weighted by atomic mass is 9.75. The summed E-state index contributed by atoms with van der Waals surface area (Å²) in [6.45, 7) is 1.06. The Hall–Kier alpha value is -0.410. The highest BCUT2D eigenvalue weighted by atomic mass is 32.2.